The van der Waals surface area contributed by atoms with E-state index in [9.17, 15) is 4.39 Å². The molecule has 0 radical (unpaired) electrons. The van der Waals surface area contributed by atoms with E-state index in [1.165, 1.54) is 6.07 Å². The molecule has 4 heteroatoms. The van der Waals surface area contributed by atoms with Crippen molar-refractivity contribution in [2.24, 2.45) is 0 Å². The van der Waals surface area contributed by atoms with Crippen LogP contribution in [0.3, 0.4) is 0 Å². The van der Waals surface area contributed by atoms with Crippen LogP contribution in [0.25, 0.3) is 38.9 Å². The van der Waals surface area contributed by atoms with Gasteiger partial charge in [0, 0.05) is 51.7 Å². The Labute approximate surface area is 185 Å². The summed E-state index contributed by atoms with van der Waals surface area (Å²) in [5.74, 6) is -0.229. The molecule has 1 aliphatic heterocycles. The second-order valence-electron chi connectivity index (χ2n) is 7.93. The molecule has 154 valence electrons. The quantitative estimate of drug-likeness (QED) is 0.335. The van der Waals surface area contributed by atoms with Crippen LogP contribution in [0.4, 0.5) is 10.1 Å². The fourth-order valence-corrected chi connectivity index (χ4v) is 4.45. The molecule has 0 bridgehead atoms. The van der Waals surface area contributed by atoms with Crippen LogP contribution in [0.15, 0.2) is 97.2 Å². The Morgan fingerprint density at radius 2 is 1.72 bits per heavy atom. The van der Waals surface area contributed by atoms with Gasteiger partial charge < -0.3 is 10.3 Å². The van der Waals surface area contributed by atoms with Gasteiger partial charge in [0.1, 0.15) is 5.82 Å². The zero-order chi connectivity index (χ0) is 21.5. The van der Waals surface area contributed by atoms with E-state index in [0.29, 0.717) is 0 Å². The maximum Gasteiger partial charge on any atom is 0.123 e. The lowest BCUT2D eigenvalue weighted by Crippen LogP contribution is -2.09. The summed E-state index contributed by atoms with van der Waals surface area (Å²) in [6.07, 6.45) is 4.02. The van der Waals surface area contributed by atoms with Crippen LogP contribution in [0.2, 0.25) is 0 Å². The van der Waals surface area contributed by atoms with Crippen molar-refractivity contribution >= 4 is 22.2 Å². The number of hydrogen-bond acceptors (Lipinski definition) is 2. The normalized spacial score (nSPS) is 12.8. The number of pyridine rings is 1. The van der Waals surface area contributed by atoms with Crippen molar-refractivity contribution in [3.63, 3.8) is 0 Å². The lowest BCUT2D eigenvalue weighted by Gasteiger charge is -2.20. The van der Waals surface area contributed by atoms with Crippen molar-refractivity contribution < 1.29 is 4.39 Å². The summed E-state index contributed by atoms with van der Waals surface area (Å²) >= 11 is 0. The van der Waals surface area contributed by atoms with Gasteiger partial charge in [0.05, 0.1) is 5.69 Å². The highest BCUT2D eigenvalue weighted by atomic mass is 19.1. The van der Waals surface area contributed by atoms with Crippen LogP contribution < -0.4 is 5.32 Å². The van der Waals surface area contributed by atoms with E-state index in [1.54, 1.807) is 12.1 Å². The molecule has 32 heavy (non-hydrogen) atoms. The van der Waals surface area contributed by atoms with Gasteiger partial charge in [-0.25, -0.2) is 4.39 Å². The number of halogens is 1. The molecule has 2 N–H and O–H groups in total. The van der Waals surface area contributed by atoms with Gasteiger partial charge in [-0.3, -0.25) is 4.98 Å². The van der Waals surface area contributed by atoms with Crippen molar-refractivity contribution in [3.05, 3.63) is 114 Å². The molecule has 0 fully saturated rings. The zero-order valence-corrected chi connectivity index (χ0v) is 17.3. The zero-order valence-electron chi connectivity index (χ0n) is 17.3. The highest BCUT2D eigenvalue weighted by Crippen LogP contribution is 2.38. The molecule has 0 saturated carbocycles. The average Bonchev–Trinajstić information content (AvgIpc) is 3.28. The van der Waals surface area contributed by atoms with Crippen LogP contribution in [0.5, 0.6) is 0 Å². The molecule has 2 aromatic heterocycles. The van der Waals surface area contributed by atoms with Crippen LogP contribution in [0.1, 0.15) is 11.3 Å². The third-order valence-corrected chi connectivity index (χ3v) is 5.96. The van der Waals surface area contributed by atoms with Gasteiger partial charge in [-0.1, -0.05) is 42.5 Å². The van der Waals surface area contributed by atoms with E-state index in [-0.39, 0.29) is 5.82 Å². The van der Waals surface area contributed by atoms with Crippen molar-refractivity contribution in [2.45, 2.75) is 0 Å². The fraction of sp³-hybridized carbons (Fsp3) is 0.0357. The van der Waals surface area contributed by atoms with E-state index < -0.39 is 0 Å². The van der Waals surface area contributed by atoms with Crippen LogP contribution in [-0.2, 0) is 0 Å². The Hall–Kier alpha value is -4.18. The van der Waals surface area contributed by atoms with Gasteiger partial charge in [0.15, 0.2) is 0 Å². The van der Waals surface area contributed by atoms with Crippen molar-refractivity contribution in [2.75, 3.05) is 11.9 Å². The Kier molecular flexibility index (Phi) is 4.36. The summed E-state index contributed by atoms with van der Waals surface area (Å²) < 4.78 is 13.9. The van der Waals surface area contributed by atoms with E-state index in [4.69, 9.17) is 0 Å². The van der Waals surface area contributed by atoms with Gasteiger partial charge in [0.25, 0.3) is 0 Å². The maximum atomic E-state index is 13.9. The average molecular weight is 417 g/mol. The largest absolute Gasteiger partial charge is 0.381 e. The molecular formula is C28H20FN3. The van der Waals surface area contributed by atoms with Crippen LogP contribution in [-0.4, -0.2) is 16.5 Å². The second-order valence-corrected chi connectivity index (χ2v) is 7.93. The predicted octanol–water partition coefficient (Wildman–Crippen LogP) is 6.89. The highest BCUT2D eigenvalue weighted by Gasteiger charge is 2.18. The minimum absolute atomic E-state index is 0.229. The van der Waals surface area contributed by atoms with Crippen molar-refractivity contribution in [3.8, 4) is 22.4 Å². The van der Waals surface area contributed by atoms with E-state index in [1.807, 2.05) is 42.6 Å². The molecular weight excluding hydrogens is 397 g/mol. The number of fused-ring (bicyclic) bond motifs is 2. The predicted molar refractivity (Wildman–Crippen MR) is 129 cm³/mol. The third kappa shape index (κ3) is 3.17. The first-order chi connectivity index (χ1) is 15.8. The van der Waals surface area contributed by atoms with Gasteiger partial charge in [0.2, 0.25) is 0 Å². The summed E-state index contributed by atoms with van der Waals surface area (Å²) in [4.78, 5) is 8.09. The molecule has 0 atom stereocenters. The number of hydrogen-bond donors (Lipinski definition) is 2. The number of anilines is 1. The molecule has 0 unspecified atom stereocenters. The molecule has 0 saturated heterocycles. The molecule has 0 spiro atoms. The summed E-state index contributed by atoms with van der Waals surface area (Å²) in [6, 6.07) is 27.4. The van der Waals surface area contributed by atoms with Crippen molar-refractivity contribution in [1.29, 1.82) is 0 Å². The minimum Gasteiger partial charge on any atom is -0.381 e. The molecule has 0 amide bonds. The molecule has 3 nitrogen and oxygen atoms in total. The number of benzene rings is 3. The summed E-state index contributed by atoms with van der Waals surface area (Å²) in [6.45, 7) is 0.761. The Bertz CT molecular complexity index is 1480. The lowest BCUT2D eigenvalue weighted by molar-refractivity contribution is 0.628. The Morgan fingerprint density at radius 1 is 0.781 bits per heavy atom. The number of nitrogens with zero attached hydrogens (tertiary/aromatic N) is 1. The number of nitrogens with one attached hydrogen (secondary N) is 2. The maximum absolute atomic E-state index is 13.9. The SMILES string of the molecule is Fc1cccc(-c2cccc3[nH]c(C4=CCNc5ccc(-c6ccccn6)cc54)cc23)c1. The van der Waals surface area contributed by atoms with Crippen molar-refractivity contribution in [1.82, 2.24) is 9.97 Å². The third-order valence-electron chi connectivity index (χ3n) is 5.96. The standard InChI is InChI=1S/C28H20FN3/c29-20-6-3-5-18(15-20)21-7-4-9-27-24(21)17-28(32-27)22-12-14-31-26-11-10-19(16-23(22)26)25-8-1-2-13-30-25/h1-13,15-17,31-32H,14H2. The van der Waals surface area contributed by atoms with E-state index in [0.717, 1.165) is 62.3 Å². The van der Waals surface area contributed by atoms with Gasteiger partial charge in [-0.2, -0.15) is 0 Å². The minimum atomic E-state index is -0.229. The molecule has 5 aromatic rings. The number of aromatic nitrogens is 2. The summed E-state index contributed by atoms with van der Waals surface area (Å²) in [5.41, 5.74) is 9.39. The first-order valence-corrected chi connectivity index (χ1v) is 10.6. The summed E-state index contributed by atoms with van der Waals surface area (Å²) in [5, 5.41) is 4.54. The Morgan fingerprint density at radius 3 is 2.59 bits per heavy atom. The number of rotatable bonds is 3. The molecule has 6 rings (SSSR count). The summed E-state index contributed by atoms with van der Waals surface area (Å²) in [7, 11) is 0. The Balaban J connectivity index is 1.48. The fourth-order valence-electron chi connectivity index (χ4n) is 4.45. The van der Waals surface area contributed by atoms with E-state index in [2.05, 4.69) is 51.7 Å². The van der Waals surface area contributed by atoms with Crippen LogP contribution >= 0.6 is 0 Å². The van der Waals surface area contributed by atoms with Gasteiger partial charge >= 0.3 is 0 Å². The first kappa shape index (κ1) is 18.6. The number of H-pyrrole nitrogens is 1. The first-order valence-electron chi connectivity index (χ1n) is 10.6. The highest BCUT2D eigenvalue weighted by molar-refractivity contribution is 6.00. The smallest absolute Gasteiger partial charge is 0.123 e. The topological polar surface area (TPSA) is 40.7 Å². The molecule has 1 aliphatic rings. The van der Waals surface area contributed by atoms with Crippen LogP contribution in [0, 0.1) is 5.82 Å². The molecule has 0 aliphatic carbocycles. The van der Waals surface area contributed by atoms with E-state index >= 15 is 0 Å². The number of aromatic amines is 1. The lowest BCUT2D eigenvalue weighted by atomic mass is 9.94. The van der Waals surface area contributed by atoms with Gasteiger partial charge in [-0.05, 0) is 59.7 Å². The molecule has 3 aromatic carbocycles. The molecule has 3 heterocycles. The van der Waals surface area contributed by atoms with Gasteiger partial charge in [-0.15, -0.1) is 0 Å². The monoisotopic (exact) mass is 417 g/mol. The second kappa shape index (κ2) is 7.50.